The largest absolute Gasteiger partial charge is 0.314 e. The molecule has 0 heterocycles. The molecular formula is C15H31N. The summed E-state index contributed by atoms with van der Waals surface area (Å²) in [6, 6.07) is 0.752. The molecule has 0 radical (unpaired) electrons. The minimum Gasteiger partial charge on any atom is -0.314 e. The van der Waals surface area contributed by atoms with Gasteiger partial charge in [0.25, 0.3) is 0 Å². The second-order valence-electron chi connectivity index (χ2n) is 6.68. The van der Waals surface area contributed by atoms with Crippen molar-refractivity contribution in [2.24, 2.45) is 16.7 Å². The van der Waals surface area contributed by atoms with Crippen molar-refractivity contribution in [2.45, 2.75) is 73.3 Å². The fourth-order valence-electron chi connectivity index (χ4n) is 3.17. The lowest BCUT2D eigenvalue weighted by Gasteiger charge is -2.18. The summed E-state index contributed by atoms with van der Waals surface area (Å²) in [4.78, 5) is 0. The summed E-state index contributed by atoms with van der Waals surface area (Å²) in [6.07, 6.45) is 5.27. The average molecular weight is 225 g/mol. The van der Waals surface area contributed by atoms with Crippen molar-refractivity contribution in [1.29, 1.82) is 0 Å². The molecule has 0 spiro atoms. The van der Waals surface area contributed by atoms with Crippen molar-refractivity contribution in [3.8, 4) is 0 Å². The molecule has 1 fully saturated rings. The fraction of sp³-hybridized carbons (Fsp3) is 1.00. The van der Waals surface area contributed by atoms with Crippen molar-refractivity contribution in [3.63, 3.8) is 0 Å². The minimum atomic E-state index is 0.531. The molecule has 0 saturated heterocycles. The van der Waals surface area contributed by atoms with Gasteiger partial charge in [-0.1, -0.05) is 54.4 Å². The molecule has 0 aromatic heterocycles. The number of hydrogen-bond acceptors (Lipinski definition) is 1. The van der Waals surface area contributed by atoms with E-state index in [1.165, 1.54) is 32.2 Å². The van der Waals surface area contributed by atoms with Crippen LogP contribution in [0.25, 0.3) is 0 Å². The summed E-state index contributed by atoms with van der Waals surface area (Å²) in [6.45, 7) is 15.4. The molecule has 1 heteroatoms. The highest BCUT2D eigenvalue weighted by Gasteiger charge is 2.63. The molecule has 1 aliphatic rings. The van der Waals surface area contributed by atoms with Crippen molar-refractivity contribution < 1.29 is 0 Å². The second-order valence-corrected chi connectivity index (χ2v) is 6.68. The van der Waals surface area contributed by atoms with Crippen LogP contribution in [0.4, 0.5) is 0 Å². The molecule has 1 N–H and O–H groups in total. The Labute approximate surface area is 102 Å². The first-order chi connectivity index (χ1) is 7.37. The molecule has 16 heavy (non-hydrogen) atoms. The van der Waals surface area contributed by atoms with Gasteiger partial charge in [0.1, 0.15) is 0 Å². The van der Waals surface area contributed by atoms with Crippen LogP contribution in [0, 0.1) is 16.7 Å². The van der Waals surface area contributed by atoms with E-state index in [2.05, 4.69) is 46.9 Å². The van der Waals surface area contributed by atoms with Gasteiger partial charge >= 0.3 is 0 Å². The van der Waals surface area contributed by atoms with Crippen LogP contribution in [0.2, 0.25) is 0 Å². The molecule has 1 nitrogen and oxygen atoms in total. The zero-order valence-corrected chi connectivity index (χ0v) is 12.2. The zero-order valence-electron chi connectivity index (χ0n) is 12.2. The number of rotatable bonds is 7. The van der Waals surface area contributed by atoms with Crippen molar-refractivity contribution in [3.05, 3.63) is 0 Å². The lowest BCUT2D eigenvalue weighted by atomic mass is 10.0. The Balaban J connectivity index is 2.34. The fourth-order valence-corrected chi connectivity index (χ4v) is 3.17. The topological polar surface area (TPSA) is 12.0 Å². The molecule has 0 aromatic rings. The maximum Gasteiger partial charge on any atom is 0.00669 e. The highest BCUT2D eigenvalue weighted by atomic mass is 14.9. The molecule has 0 aliphatic heterocycles. The smallest absolute Gasteiger partial charge is 0.00669 e. The van der Waals surface area contributed by atoms with E-state index >= 15 is 0 Å². The van der Waals surface area contributed by atoms with Crippen LogP contribution in [0.15, 0.2) is 0 Å². The zero-order chi connectivity index (χ0) is 12.4. The number of nitrogens with one attached hydrogen (secondary N) is 1. The Hall–Kier alpha value is -0.0400. The predicted octanol–water partition coefficient (Wildman–Crippen LogP) is 4.23. The summed E-state index contributed by atoms with van der Waals surface area (Å²) >= 11 is 0. The highest BCUT2D eigenvalue weighted by Crippen LogP contribution is 2.67. The first-order valence-electron chi connectivity index (χ1n) is 7.11. The first-order valence-corrected chi connectivity index (χ1v) is 7.11. The Morgan fingerprint density at radius 2 is 1.38 bits per heavy atom. The maximum absolute atomic E-state index is 3.79. The quantitative estimate of drug-likeness (QED) is 0.684. The Kier molecular flexibility index (Phi) is 4.45. The normalized spacial score (nSPS) is 22.7. The predicted molar refractivity (Wildman–Crippen MR) is 72.7 cm³/mol. The Morgan fingerprint density at radius 1 is 0.938 bits per heavy atom. The van der Waals surface area contributed by atoms with Gasteiger partial charge in [-0.15, -0.1) is 0 Å². The van der Waals surface area contributed by atoms with Crippen LogP contribution in [0.5, 0.6) is 0 Å². The third-order valence-electron chi connectivity index (χ3n) is 5.20. The standard InChI is InChI=1S/C15H31N/c1-7-9-12(10-8-2)16-11-13-14(3,4)15(13,5)6/h12-13,16H,7-11H2,1-6H3. The molecular weight excluding hydrogens is 194 g/mol. The molecule has 0 atom stereocenters. The third kappa shape index (κ3) is 2.61. The van der Waals surface area contributed by atoms with Gasteiger partial charge in [0.15, 0.2) is 0 Å². The molecule has 0 aromatic carbocycles. The van der Waals surface area contributed by atoms with E-state index in [4.69, 9.17) is 0 Å². The van der Waals surface area contributed by atoms with Gasteiger partial charge in [0.2, 0.25) is 0 Å². The molecule has 1 aliphatic carbocycles. The Morgan fingerprint density at radius 3 is 1.69 bits per heavy atom. The van der Waals surface area contributed by atoms with Gasteiger partial charge < -0.3 is 5.32 Å². The van der Waals surface area contributed by atoms with E-state index in [1.54, 1.807) is 0 Å². The lowest BCUT2D eigenvalue weighted by Crippen LogP contribution is -2.31. The van der Waals surface area contributed by atoms with Crippen LogP contribution >= 0.6 is 0 Å². The molecule has 0 bridgehead atoms. The van der Waals surface area contributed by atoms with Gasteiger partial charge in [0.05, 0.1) is 0 Å². The van der Waals surface area contributed by atoms with Crippen LogP contribution in [-0.4, -0.2) is 12.6 Å². The first kappa shape index (κ1) is 14.0. The molecule has 1 saturated carbocycles. The van der Waals surface area contributed by atoms with Crippen molar-refractivity contribution in [2.75, 3.05) is 6.54 Å². The van der Waals surface area contributed by atoms with E-state index < -0.39 is 0 Å². The summed E-state index contributed by atoms with van der Waals surface area (Å²) < 4.78 is 0. The van der Waals surface area contributed by atoms with Crippen molar-refractivity contribution >= 4 is 0 Å². The van der Waals surface area contributed by atoms with Gasteiger partial charge in [-0.3, -0.25) is 0 Å². The molecule has 0 unspecified atom stereocenters. The Bertz CT molecular complexity index is 197. The van der Waals surface area contributed by atoms with E-state index in [1.807, 2.05) is 0 Å². The molecule has 0 amide bonds. The molecule has 96 valence electrons. The van der Waals surface area contributed by atoms with Gasteiger partial charge in [-0.05, 0) is 36.1 Å². The van der Waals surface area contributed by atoms with Crippen LogP contribution in [-0.2, 0) is 0 Å². The molecule has 1 rings (SSSR count). The number of hydrogen-bond donors (Lipinski definition) is 1. The van der Waals surface area contributed by atoms with Crippen molar-refractivity contribution in [1.82, 2.24) is 5.32 Å². The van der Waals surface area contributed by atoms with Crippen LogP contribution in [0.3, 0.4) is 0 Å². The average Bonchev–Trinajstić information content (AvgIpc) is 2.55. The summed E-state index contributed by atoms with van der Waals surface area (Å²) in [5.74, 6) is 0.858. The highest BCUT2D eigenvalue weighted by molar-refractivity contribution is 5.12. The summed E-state index contributed by atoms with van der Waals surface area (Å²) in [5, 5.41) is 3.79. The van der Waals surface area contributed by atoms with Crippen LogP contribution in [0.1, 0.15) is 67.2 Å². The maximum atomic E-state index is 3.79. The van der Waals surface area contributed by atoms with E-state index in [-0.39, 0.29) is 0 Å². The SMILES string of the molecule is CCCC(CCC)NCC1C(C)(C)C1(C)C. The van der Waals surface area contributed by atoms with E-state index in [0.717, 1.165) is 12.0 Å². The van der Waals surface area contributed by atoms with Gasteiger partial charge in [-0.25, -0.2) is 0 Å². The third-order valence-corrected chi connectivity index (χ3v) is 5.20. The van der Waals surface area contributed by atoms with E-state index in [9.17, 15) is 0 Å². The second kappa shape index (κ2) is 5.08. The monoisotopic (exact) mass is 225 g/mol. The minimum absolute atomic E-state index is 0.531. The van der Waals surface area contributed by atoms with Gasteiger partial charge in [0, 0.05) is 6.04 Å². The lowest BCUT2D eigenvalue weighted by molar-refractivity contribution is 0.413. The summed E-state index contributed by atoms with van der Waals surface area (Å²) in [7, 11) is 0. The summed E-state index contributed by atoms with van der Waals surface area (Å²) in [5.41, 5.74) is 1.06. The van der Waals surface area contributed by atoms with E-state index in [0.29, 0.717) is 10.8 Å². The van der Waals surface area contributed by atoms with Gasteiger partial charge in [-0.2, -0.15) is 0 Å². The van der Waals surface area contributed by atoms with Crippen LogP contribution < -0.4 is 5.32 Å².